The Balaban J connectivity index is 0.000000671. The van der Waals surface area contributed by atoms with Gasteiger partial charge in [-0.05, 0) is 31.0 Å². The van der Waals surface area contributed by atoms with Crippen LogP contribution in [0.25, 0.3) is 0 Å². The van der Waals surface area contributed by atoms with E-state index < -0.39 is 0 Å². The van der Waals surface area contributed by atoms with Crippen molar-refractivity contribution in [2.24, 2.45) is 5.73 Å². The zero-order chi connectivity index (χ0) is 10.3. The Bertz CT molecular complexity index is 219. The molecule has 3 nitrogen and oxygen atoms in total. The van der Waals surface area contributed by atoms with E-state index in [1.807, 2.05) is 19.1 Å². The van der Waals surface area contributed by atoms with E-state index in [9.17, 15) is 0 Å². The molecular formula is C10H17NO2. The van der Waals surface area contributed by atoms with Gasteiger partial charge >= 0.3 is 0 Å². The molecule has 0 spiro atoms. The summed E-state index contributed by atoms with van der Waals surface area (Å²) in [6.07, 6.45) is 0.861. The maximum absolute atomic E-state index is 8.96. The predicted molar refractivity (Wildman–Crippen MR) is 53.6 cm³/mol. The third kappa shape index (κ3) is 5.22. The fraction of sp³-hybridized carbons (Fsp3) is 0.400. The van der Waals surface area contributed by atoms with E-state index in [0.29, 0.717) is 5.75 Å². The Hall–Kier alpha value is -1.06. The molecule has 0 aromatic heterocycles. The van der Waals surface area contributed by atoms with Crippen molar-refractivity contribution in [2.75, 3.05) is 7.11 Å². The molecule has 0 aliphatic heterocycles. The van der Waals surface area contributed by atoms with Crippen LogP contribution in [0, 0.1) is 0 Å². The lowest BCUT2D eigenvalue weighted by Crippen LogP contribution is -2.17. The van der Waals surface area contributed by atoms with Crippen LogP contribution >= 0.6 is 0 Å². The molecule has 1 aromatic carbocycles. The molecule has 4 N–H and O–H groups in total. The van der Waals surface area contributed by atoms with Crippen LogP contribution in [-0.2, 0) is 6.42 Å². The second kappa shape index (κ2) is 6.46. The van der Waals surface area contributed by atoms with Crippen LogP contribution < -0.4 is 5.73 Å². The highest BCUT2D eigenvalue weighted by molar-refractivity contribution is 5.26. The Kier molecular flexibility index (Phi) is 5.93. The van der Waals surface area contributed by atoms with E-state index in [4.69, 9.17) is 15.9 Å². The fourth-order valence-corrected chi connectivity index (χ4v) is 1.00. The third-order valence-electron chi connectivity index (χ3n) is 1.49. The van der Waals surface area contributed by atoms with Crippen molar-refractivity contribution < 1.29 is 10.2 Å². The van der Waals surface area contributed by atoms with Crippen LogP contribution in [-0.4, -0.2) is 23.4 Å². The van der Waals surface area contributed by atoms with Crippen molar-refractivity contribution in [1.82, 2.24) is 0 Å². The minimum absolute atomic E-state index is 0.180. The third-order valence-corrected chi connectivity index (χ3v) is 1.49. The summed E-state index contributed by atoms with van der Waals surface area (Å²) in [5, 5.41) is 16.0. The van der Waals surface area contributed by atoms with Gasteiger partial charge < -0.3 is 15.9 Å². The first-order chi connectivity index (χ1) is 6.18. The highest BCUT2D eigenvalue weighted by atomic mass is 16.3. The van der Waals surface area contributed by atoms with Crippen molar-refractivity contribution in [2.45, 2.75) is 19.4 Å². The molecule has 0 aliphatic carbocycles. The molecule has 3 heteroatoms. The van der Waals surface area contributed by atoms with Gasteiger partial charge in [0, 0.05) is 13.2 Å². The molecule has 1 atom stereocenters. The van der Waals surface area contributed by atoms with Gasteiger partial charge in [-0.3, -0.25) is 0 Å². The van der Waals surface area contributed by atoms with Crippen molar-refractivity contribution in [3.63, 3.8) is 0 Å². The molecule has 0 saturated heterocycles. The van der Waals surface area contributed by atoms with E-state index >= 15 is 0 Å². The summed E-state index contributed by atoms with van der Waals surface area (Å²) < 4.78 is 0. The van der Waals surface area contributed by atoms with Crippen LogP contribution in [0.4, 0.5) is 0 Å². The minimum atomic E-state index is 0.180. The summed E-state index contributed by atoms with van der Waals surface area (Å²) in [5.74, 6) is 0.304. The smallest absolute Gasteiger partial charge is 0.115 e. The minimum Gasteiger partial charge on any atom is -0.508 e. The van der Waals surface area contributed by atoms with Gasteiger partial charge in [0.05, 0.1) is 0 Å². The second-order valence-electron chi connectivity index (χ2n) is 2.85. The average Bonchev–Trinajstić information content (AvgIpc) is 2.12. The summed E-state index contributed by atoms with van der Waals surface area (Å²) in [6, 6.07) is 7.31. The van der Waals surface area contributed by atoms with Gasteiger partial charge in [0.1, 0.15) is 5.75 Å². The normalized spacial score (nSPS) is 11.4. The molecule has 0 unspecified atom stereocenters. The maximum atomic E-state index is 8.96. The number of aliphatic hydroxyl groups is 1. The summed E-state index contributed by atoms with van der Waals surface area (Å²) in [5.41, 5.74) is 6.76. The standard InChI is InChI=1S/C9H13NO.CH4O/c1-7(10)6-8-2-4-9(11)5-3-8;1-2/h2-5,7,11H,6,10H2,1H3;2H,1H3/t7-;/m0./s1. The molecule has 0 aliphatic rings. The number of hydrogen-bond acceptors (Lipinski definition) is 3. The van der Waals surface area contributed by atoms with Gasteiger partial charge in [-0.2, -0.15) is 0 Å². The highest BCUT2D eigenvalue weighted by Crippen LogP contribution is 2.10. The van der Waals surface area contributed by atoms with Crippen molar-refractivity contribution >= 4 is 0 Å². The lowest BCUT2D eigenvalue weighted by Gasteiger charge is -2.03. The summed E-state index contributed by atoms with van der Waals surface area (Å²) in [7, 11) is 1.00. The predicted octanol–water partition coefficient (Wildman–Crippen LogP) is 0.890. The highest BCUT2D eigenvalue weighted by Gasteiger charge is 1.96. The van der Waals surface area contributed by atoms with Gasteiger partial charge in [0.25, 0.3) is 0 Å². The van der Waals surface area contributed by atoms with Crippen molar-refractivity contribution in [1.29, 1.82) is 0 Å². The molecule has 13 heavy (non-hydrogen) atoms. The van der Waals surface area contributed by atoms with Gasteiger partial charge in [0.15, 0.2) is 0 Å². The molecule has 1 aromatic rings. The van der Waals surface area contributed by atoms with E-state index in [2.05, 4.69) is 0 Å². The fourth-order valence-electron chi connectivity index (χ4n) is 1.00. The molecule has 74 valence electrons. The molecule has 0 heterocycles. The maximum Gasteiger partial charge on any atom is 0.115 e. The van der Waals surface area contributed by atoms with E-state index in [-0.39, 0.29) is 6.04 Å². The zero-order valence-electron chi connectivity index (χ0n) is 8.07. The number of aromatic hydroxyl groups is 1. The SMILES string of the molecule is CO.C[C@H](N)Cc1ccc(O)cc1. The molecular weight excluding hydrogens is 166 g/mol. The number of hydrogen-bond donors (Lipinski definition) is 3. The Morgan fingerprint density at radius 2 is 1.69 bits per heavy atom. The van der Waals surface area contributed by atoms with Crippen molar-refractivity contribution in [3.8, 4) is 5.75 Å². The number of aliphatic hydroxyl groups excluding tert-OH is 1. The van der Waals surface area contributed by atoms with Crippen LogP contribution in [0.15, 0.2) is 24.3 Å². The first-order valence-corrected chi connectivity index (χ1v) is 4.16. The monoisotopic (exact) mass is 183 g/mol. The molecule has 0 amide bonds. The van der Waals surface area contributed by atoms with Crippen LogP contribution in [0.3, 0.4) is 0 Å². The van der Waals surface area contributed by atoms with Gasteiger partial charge in [-0.15, -0.1) is 0 Å². The number of benzene rings is 1. The summed E-state index contributed by atoms with van der Waals surface area (Å²) in [4.78, 5) is 0. The number of phenols is 1. The number of nitrogens with two attached hydrogens (primary N) is 1. The molecule has 1 rings (SSSR count). The molecule has 0 radical (unpaired) electrons. The van der Waals surface area contributed by atoms with Crippen LogP contribution in [0.1, 0.15) is 12.5 Å². The van der Waals surface area contributed by atoms with Gasteiger partial charge in [0.2, 0.25) is 0 Å². The quantitative estimate of drug-likeness (QED) is 0.638. The first kappa shape index (κ1) is 11.9. The molecule has 0 bridgehead atoms. The van der Waals surface area contributed by atoms with E-state index in [1.54, 1.807) is 12.1 Å². The summed E-state index contributed by atoms with van der Waals surface area (Å²) >= 11 is 0. The number of rotatable bonds is 2. The Morgan fingerprint density at radius 3 is 2.08 bits per heavy atom. The van der Waals surface area contributed by atoms with E-state index in [0.717, 1.165) is 19.1 Å². The molecule has 0 fully saturated rings. The van der Waals surface area contributed by atoms with Crippen molar-refractivity contribution in [3.05, 3.63) is 29.8 Å². The summed E-state index contributed by atoms with van der Waals surface area (Å²) in [6.45, 7) is 1.97. The molecule has 0 saturated carbocycles. The van der Waals surface area contributed by atoms with Gasteiger partial charge in [-0.25, -0.2) is 0 Å². The topological polar surface area (TPSA) is 66.5 Å². The largest absolute Gasteiger partial charge is 0.508 e. The number of phenolic OH excluding ortho intramolecular Hbond substituents is 1. The Labute approximate surface area is 78.8 Å². The average molecular weight is 183 g/mol. The lowest BCUT2D eigenvalue weighted by atomic mass is 10.1. The van der Waals surface area contributed by atoms with E-state index in [1.165, 1.54) is 0 Å². The second-order valence-corrected chi connectivity index (χ2v) is 2.85. The first-order valence-electron chi connectivity index (χ1n) is 4.16. The van der Waals surface area contributed by atoms with Gasteiger partial charge in [-0.1, -0.05) is 12.1 Å². The zero-order valence-corrected chi connectivity index (χ0v) is 8.07. The van der Waals surface area contributed by atoms with Crippen LogP contribution in [0.2, 0.25) is 0 Å². The Morgan fingerprint density at radius 1 is 1.23 bits per heavy atom. The lowest BCUT2D eigenvalue weighted by molar-refractivity contribution is 0.399. The van der Waals surface area contributed by atoms with Crippen LogP contribution in [0.5, 0.6) is 5.75 Å².